The van der Waals surface area contributed by atoms with Gasteiger partial charge in [0.05, 0.1) is 5.56 Å². The maximum Gasteiger partial charge on any atom is 0.234 e. The largest absolute Gasteiger partial charge is 0.340 e. The standard InChI is InChI=1S/C12H9N5/c13-6-9-8-15-11(7-14)17-12(9)16-10-4-2-1-3-5-10/h1-6,8,13H,(H,15,16,17). The predicted octanol–water partition coefficient (Wildman–Crippen LogP) is 2.09. The molecule has 5 nitrogen and oxygen atoms in total. The van der Waals surface area contributed by atoms with Gasteiger partial charge in [0.25, 0.3) is 0 Å². The van der Waals surface area contributed by atoms with Crippen molar-refractivity contribution in [3.8, 4) is 6.07 Å². The zero-order valence-corrected chi connectivity index (χ0v) is 8.88. The minimum Gasteiger partial charge on any atom is -0.340 e. The fourth-order valence-corrected chi connectivity index (χ4v) is 1.31. The number of benzene rings is 1. The second kappa shape index (κ2) is 4.86. The highest BCUT2D eigenvalue weighted by atomic mass is 15.0. The quantitative estimate of drug-likeness (QED) is 0.780. The Morgan fingerprint density at radius 2 is 2.06 bits per heavy atom. The fraction of sp³-hybridized carbons (Fsp3) is 0. The summed E-state index contributed by atoms with van der Waals surface area (Å²) in [6.07, 6.45) is 2.59. The Bertz CT molecular complexity index is 571. The van der Waals surface area contributed by atoms with E-state index in [1.54, 1.807) is 0 Å². The zero-order valence-electron chi connectivity index (χ0n) is 8.88. The van der Waals surface area contributed by atoms with E-state index in [0.29, 0.717) is 11.4 Å². The van der Waals surface area contributed by atoms with Gasteiger partial charge < -0.3 is 10.7 Å². The van der Waals surface area contributed by atoms with Crippen LogP contribution in [0.3, 0.4) is 0 Å². The van der Waals surface area contributed by atoms with Crippen molar-refractivity contribution in [1.29, 1.82) is 10.7 Å². The van der Waals surface area contributed by atoms with Crippen LogP contribution in [0, 0.1) is 16.7 Å². The summed E-state index contributed by atoms with van der Waals surface area (Å²) >= 11 is 0. The van der Waals surface area contributed by atoms with E-state index in [1.165, 1.54) is 6.20 Å². The molecule has 5 heteroatoms. The number of nitriles is 1. The van der Waals surface area contributed by atoms with Crippen molar-refractivity contribution < 1.29 is 0 Å². The molecule has 0 fully saturated rings. The van der Waals surface area contributed by atoms with Gasteiger partial charge in [-0.1, -0.05) is 18.2 Å². The molecule has 0 bridgehead atoms. The van der Waals surface area contributed by atoms with Gasteiger partial charge in [-0.05, 0) is 12.1 Å². The van der Waals surface area contributed by atoms with Crippen LogP contribution in [0.2, 0.25) is 0 Å². The first-order valence-corrected chi connectivity index (χ1v) is 4.93. The Labute approximate surface area is 98.3 Å². The van der Waals surface area contributed by atoms with Gasteiger partial charge in [-0.25, -0.2) is 9.97 Å². The molecule has 1 heterocycles. The van der Waals surface area contributed by atoms with E-state index >= 15 is 0 Å². The molecule has 0 aliphatic heterocycles. The molecular formula is C12H9N5. The summed E-state index contributed by atoms with van der Waals surface area (Å²) in [4.78, 5) is 7.83. The van der Waals surface area contributed by atoms with Crippen LogP contribution < -0.4 is 5.32 Å². The summed E-state index contributed by atoms with van der Waals surface area (Å²) in [6, 6.07) is 11.3. The SMILES string of the molecule is N#Cc1ncc(C=N)c(Nc2ccccc2)n1. The second-order valence-electron chi connectivity index (χ2n) is 3.24. The Morgan fingerprint density at radius 3 is 2.71 bits per heavy atom. The molecule has 0 amide bonds. The lowest BCUT2D eigenvalue weighted by molar-refractivity contribution is 1.11. The lowest BCUT2D eigenvalue weighted by Gasteiger charge is -2.07. The summed E-state index contributed by atoms with van der Waals surface area (Å²) in [7, 11) is 0. The smallest absolute Gasteiger partial charge is 0.234 e. The van der Waals surface area contributed by atoms with E-state index in [2.05, 4.69) is 15.3 Å². The maximum absolute atomic E-state index is 8.73. The summed E-state index contributed by atoms with van der Waals surface area (Å²) in [5, 5.41) is 19.0. The Hall–Kier alpha value is -2.74. The maximum atomic E-state index is 8.73. The number of rotatable bonds is 3. The molecule has 0 spiro atoms. The molecule has 0 aliphatic rings. The van der Waals surface area contributed by atoms with Crippen molar-refractivity contribution in [3.05, 3.63) is 47.9 Å². The first-order valence-electron chi connectivity index (χ1n) is 4.93. The summed E-state index contributed by atoms with van der Waals surface area (Å²) in [6.45, 7) is 0. The van der Waals surface area contributed by atoms with Gasteiger partial charge in [-0.2, -0.15) is 5.26 Å². The highest BCUT2D eigenvalue weighted by Gasteiger charge is 2.05. The first kappa shape index (κ1) is 10.8. The van der Waals surface area contributed by atoms with E-state index < -0.39 is 0 Å². The number of nitrogens with one attached hydrogen (secondary N) is 2. The van der Waals surface area contributed by atoms with Crippen LogP contribution in [0.4, 0.5) is 11.5 Å². The molecule has 0 unspecified atom stereocenters. The van der Waals surface area contributed by atoms with Crippen molar-refractivity contribution in [2.24, 2.45) is 0 Å². The molecule has 0 radical (unpaired) electrons. The molecule has 2 aromatic rings. The van der Waals surface area contributed by atoms with Gasteiger partial charge in [-0.15, -0.1) is 0 Å². The third-order valence-electron chi connectivity index (χ3n) is 2.11. The lowest BCUT2D eigenvalue weighted by Crippen LogP contribution is -2.02. The lowest BCUT2D eigenvalue weighted by atomic mass is 10.3. The Morgan fingerprint density at radius 1 is 1.29 bits per heavy atom. The van der Waals surface area contributed by atoms with E-state index in [0.717, 1.165) is 11.9 Å². The van der Waals surface area contributed by atoms with Crippen LogP contribution in [0.1, 0.15) is 11.4 Å². The van der Waals surface area contributed by atoms with Gasteiger partial charge in [0.1, 0.15) is 11.9 Å². The Balaban J connectivity index is 2.37. The normalized spacial score (nSPS) is 9.35. The average molecular weight is 223 g/mol. The van der Waals surface area contributed by atoms with E-state index in [-0.39, 0.29) is 5.82 Å². The fourth-order valence-electron chi connectivity index (χ4n) is 1.31. The van der Waals surface area contributed by atoms with Crippen molar-refractivity contribution in [2.75, 3.05) is 5.32 Å². The topological polar surface area (TPSA) is 85.5 Å². The van der Waals surface area contributed by atoms with Crippen LogP contribution in [-0.4, -0.2) is 16.2 Å². The molecule has 2 N–H and O–H groups in total. The van der Waals surface area contributed by atoms with Crippen molar-refractivity contribution in [1.82, 2.24) is 9.97 Å². The molecule has 17 heavy (non-hydrogen) atoms. The molecule has 0 saturated heterocycles. The highest BCUT2D eigenvalue weighted by Crippen LogP contribution is 2.16. The second-order valence-corrected chi connectivity index (χ2v) is 3.24. The molecule has 0 atom stereocenters. The highest BCUT2D eigenvalue weighted by molar-refractivity contribution is 5.85. The Kier molecular flexibility index (Phi) is 3.08. The molecular weight excluding hydrogens is 214 g/mol. The van der Waals surface area contributed by atoms with E-state index in [9.17, 15) is 0 Å². The third-order valence-corrected chi connectivity index (χ3v) is 2.11. The van der Waals surface area contributed by atoms with Crippen LogP contribution in [-0.2, 0) is 0 Å². The van der Waals surface area contributed by atoms with E-state index in [4.69, 9.17) is 10.7 Å². The average Bonchev–Trinajstić information content (AvgIpc) is 2.40. The predicted molar refractivity (Wildman–Crippen MR) is 64.4 cm³/mol. The first-order chi connectivity index (χ1) is 8.33. The molecule has 82 valence electrons. The van der Waals surface area contributed by atoms with Gasteiger partial charge in [0.2, 0.25) is 5.82 Å². The van der Waals surface area contributed by atoms with Crippen molar-refractivity contribution >= 4 is 17.7 Å². The van der Waals surface area contributed by atoms with Gasteiger partial charge in [0, 0.05) is 18.1 Å². The number of hydrogen-bond donors (Lipinski definition) is 2. The summed E-state index contributed by atoms with van der Waals surface area (Å²) in [5.41, 5.74) is 1.38. The third kappa shape index (κ3) is 2.44. The number of aromatic nitrogens is 2. The molecule has 1 aromatic carbocycles. The number of anilines is 2. The van der Waals surface area contributed by atoms with Gasteiger partial charge in [0.15, 0.2) is 0 Å². The summed E-state index contributed by atoms with van der Waals surface area (Å²) < 4.78 is 0. The monoisotopic (exact) mass is 223 g/mol. The number of nitrogens with zero attached hydrogens (tertiary/aromatic N) is 3. The van der Waals surface area contributed by atoms with Crippen LogP contribution >= 0.6 is 0 Å². The van der Waals surface area contributed by atoms with Crippen molar-refractivity contribution in [2.45, 2.75) is 0 Å². The molecule has 2 rings (SSSR count). The van der Waals surface area contributed by atoms with Gasteiger partial charge in [-0.3, -0.25) is 0 Å². The number of para-hydroxylation sites is 1. The zero-order chi connectivity index (χ0) is 12.1. The minimum atomic E-state index is 0.0778. The molecule has 1 aromatic heterocycles. The number of hydrogen-bond acceptors (Lipinski definition) is 5. The summed E-state index contributed by atoms with van der Waals surface area (Å²) in [5.74, 6) is 0.534. The van der Waals surface area contributed by atoms with E-state index in [1.807, 2.05) is 36.4 Å². The molecule has 0 aliphatic carbocycles. The van der Waals surface area contributed by atoms with Crippen LogP contribution in [0.5, 0.6) is 0 Å². The van der Waals surface area contributed by atoms with Crippen LogP contribution in [0.15, 0.2) is 36.5 Å². The van der Waals surface area contributed by atoms with Crippen molar-refractivity contribution in [3.63, 3.8) is 0 Å². The minimum absolute atomic E-state index is 0.0778. The van der Waals surface area contributed by atoms with Gasteiger partial charge >= 0.3 is 0 Å². The molecule has 0 saturated carbocycles. The van der Waals surface area contributed by atoms with Crippen LogP contribution in [0.25, 0.3) is 0 Å².